The van der Waals surface area contributed by atoms with Crippen LogP contribution in [-0.2, 0) is 14.0 Å². The number of aliphatic hydroxyl groups excluding tert-OH is 1. The summed E-state index contributed by atoms with van der Waals surface area (Å²) in [5.74, 6) is -0.661. The number of hydrogen-bond acceptors (Lipinski definition) is 5. The van der Waals surface area contributed by atoms with Gasteiger partial charge in [-0.05, 0) is 49.4 Å². The van der Waals surface area contributed by atoms with Crippen LogP contribution in [0.15, 0.2) is 11.1 Å². The molecule has 0 amide bonds. The Morgan fingerprint density at radius 3 is 2.14 bits per heavy atom. The molecule has 0 aromatic carbocycles. The molecule has 200 valence electrons. The Morgan fingerprint density at radius 2 is 1.66 bits per heavy atom. The third-order valence-electron chi connectivity index (χ3n) is 11.9. The number of hydrogen-bond donors (Lipinski definition) is 2. The number of aliphatic hydroxyl groups is 2. The monoisotopic (exact) mass is 506 g/mol. The van der Waals surface area contributed by atoms with Crippen molar-refractivity contribution in [3.8, 4) is 0 Å². The van der Waals surface area contributed by atoms with Gasteiger partial charge >= 0.3 is 0 Å². The smallest absolute Gasteiger partial charge is 0.192 e. The number of rotatable bonds is 5. The van der Waals surface area contributed by atoms with Gasteiger partial charge < -0.3 is 19.4 Å². The van der Waals surface area contributed by atoms with Crippen molar-refractivity contribution in [2.24, 2.45) is 34.0 Å². The molecule has 0 aromatic heterocycles. The molecule has 3 fully saturated rings. The fourth-order valence-electron chi connectivity index (χ4n) is 9.37. The zero-order chi connectivity index (χ0) is 26.4. The fraction of sp³-hybridized carbons (Fsp3) is 0.897. The molecule has 2 unspecified atom stereocenters. The van der Waals surface area contributed by atoms with Crippen molar-refractivity contribution in [2.75, 3.05) is 6.61 Å². The van der Waals surface area contributed by atoms with Crippen molar-refractivity contribution < 1.29 is 24.2 Å². The lowest BCUT2D eigenvalue weighted by atomic mass is 9.40. The number of ether oxygens (including phenoxy) is 1. The van der Waals surface area contributed by atoms with Crippen molar-refractivity contribution in [1.82, 2.24) is 0 Å². The third-order valence-corrected chi connectivity index (χ3v) is 16.6. The lowest BCUT2D eigenvalue weighted by Crippen LogP contribution is -2.74. The van der Waals surface area contributed by atoms with E-state index in [2.05, 4.69) is 55.4 Å². The summed E-state index contributed by atoms with van der Waals surface area (Å²) in [5, 5.41) is 24.3. The van der Waals surface area contributed by atoms with E-state index in [0.717, 1.165) is 29.3 Å². The highest BCUT2D eigenvalue weighted by atomic mass is 28.4. The lowest BCUT2D eigenvalue weighted by Gasteiger charge is -2.69. The van der Waals surface area contributed by atoms with E-state index in [4.69, 9.17) is 9.16 Å². The molecule has 3 aliphatic carbocycles. The summed E-state index contributed by atoms with van der Waals surface area (Å²) in [4.78, 5) is 14.5. The Balaban J connectivity index is 1.94. The van der Waals surface area contributed by atoms with Crippen LogP contribution in [0.1, 0.15) is 82.1 Å². The largest absolute Gasteiger partial charge is 0.410 e. The minimum absolute atomic E-state index is 0.0695. The first-order chi connectivity index (χ1) is 16.1. The predicted octanol–water partition coefficient (Wildman–Crippen LogP) is 5.50. The van der Waals surface area contributed by atoms with Crippen molar-refractivity contribution >= 4 is 14.1 Å². The first-order valence-corrected chi connectivity index (χ1v) is 16.6. The van der Waals surface area contributed by atoms with Gasteiger partial charge in [0.15, 0.2) is 8.32 Å². The highest BCUT2D eigenvalue weighted by Crippen LogP contribution is 2.67. The van der Waals surface area contributed by atoms with Gasteiger partial charge in [0.25, 0.3) is 0 Å². The van der Waals surface area contributed by atoms with Gasteiger partial charge in [-0.1, -0.05) is 61.0 Å². The van der Waals surface area contributed by atoms with E-state index in [0.29, 0.717) is 19.4 Å². The van der Waals surface area contributed by atoms with Crippen LogP contribution in [0, 0.1) is 34.0 Å². The van der Waals surface area contributed by atoms with E-state index >= 15 is 0 Å². The van der Waals surface area contributed by atoms with E-state index in [9.17, 15) is 15.0 Å². The van der Waals surface area contributed by atoms with Gasteiger partial charge in [0.1, 0.15) is 5.78 Å². The molecule has 9 atom stereocenters. The number of ketones is 1. The van der Waals surface area contributed by atoms with E-state index in [-0.39, 0.29) is 41.2 Å². The average molecular weight is 507 g/mol. The predicted molar refractivity (Wildman–Crippen MR) is 142 cm³/mol. The van der Waals surface area contributed by atoms with Crippen LogP contribution < -0.4 is 0 Å². The van der Waals surface area contributed by atoms with Crippen LogP contribution in [0.25, 0.3) is 0 Å². The van der Waals surface area contributed by atoms with Crippen molar-refractivity contribution in [3.05, 3.63) is 11.1 Å². The van der Waals surface area contributed by atoms with Crippen LogP contribution in [0.5, 0.6) is 0 Å². The second-order valence-corrected chi connectivity index (χ2v) is 18.1. The molecule has 1 heterocycles. The van der Waals surface area contributed by atoms with Gasteiger partial charge in [0, 0.05) is 29.6 Å². The molecule has 0 radical (unpaired) electrons. The molecular formula is C29H50O5Si. The van der Waals surface area contributed by atoms with Gasteiger partial charge in [0.2, 0.25) is 0 Å². The Hall–Kier alpha value is -0.533. The second kappa shape index (κ2) is 8.49. The summed E-state index contributed by atoms with van der Waals surface area (Å²) < 4.78 is 13.0. The molecule has 5 nitrogen and oxygen atoms in total. The Labute approximate surface area is 214 Å². The summed E-state index contributed by atoms with van der Waals surface area (Å²) in [7, 11) is -1.94. The average Bonchev–Trinajstić information content (AvgIpc) is 2.81. The van der Waals surface area contributed by atoms with Crippen LogP contribution in [0.4, 0.5) is 0 Å². The number of fused-ring (bicyclic) bond motifs is 5. The van der Waals surface area contributed by atoms with E-state index in [1.807, 2.05) is 13.8 Å². The first-order valence-electron chi connectivity index (χ1n) is 14.1. The van der Waals surface area contributed by atoms with E-state index < -0.39 is 30.9 Å². The van der Waals surface area contributed by atoms with Crippen LogP contribution in [0.2, 0.25) is 18.1 Å². The first kappa shape index (κ1) is 27.5. The fourth-order valence-corrected chi connectivity index (χ4v) is 12.2. The van der Waals surface area contributed by atoms with Crippen molar-refractivity contribution in [2.45, 2.75) is 124 Å². The molecule has 4 aliphatic rings. The third kappa shape index (κ3) is 3.35. The Bertz CT molecular complexity index is 900. The van der Waals surface area contributed by atoms with Crippen molar-refractivity contribution in [1.29, 1.82) is 0 Å². The molecule has 0 aromatic rings. The highest BCUT2D eigenvalue weighted by Gasteiger charge is 2.72. The molecule has 2 saturated carbocycles. The summed E-state index contributed by atoms with van der Waals surface area (Å²) >= 11 is 0. The van der Waals surface area contributed by atoms with Crippen LogP contribution in [0.3, 0.4) is 0 Å². The molecule has 4 rings (SSSR count). The molecule has 2 bridgehead atoms. The maximum atomic E-state index is 14.5. The maximum absolute atomic E-state index is 14.5. The zero-order valence-corrected chi connectivity index (χ0v) is 24.8. The van der Waals surface area contributed by atoms with Gasteiger partial charge in [-0.25, -0.2) is 0 Å². The molecule has 2 N–H and O–H groups in total. The number of Topliss-reactive ketones (excluding diaryl/α,β-unsaturated/α-hetero) is 1. The Kier molecular flexibility index (Phi) is 6.67. The van der Waals surface area contributed by atoms with Gasteiger partial charge in [-0.3, -0.25) is 4.79 Å². The number of carbonyl (C=O) groups is 1. The Morgan fingerprint density at radius 1 is 1.09 bits per heavy atom. The van der Waals surface area contributed by atoms with Crippen LogP contribution >= 0.6 is 0 Å². The highest BCUT2D eigenvalue weighted by molar-refractivity contribution is 6.73. The maximum Gasteiger partial charge on any atom is 0.192 e. The molecule has 1 aliphatic heterocycles. The van der Waals surface area contributed by atoms with Gasteiger partial charge in [-0.15, -0.1) is 0 Å². The summed E-state index contributed by atoms with van der Waals surface area (Å²) in [6, 6.07) is 3.15. The summed E-state index contributed by atoms with van der Waals surface area (Å²) in [6.45, 7) is 22.0. The topological polar surface area (TPSA) is 76.0 Å². The molecule has 1 saturated heterocycles. The quantitative estimate of drug-likeness (QED) is 0.380. The van der Waals surface area contributed by atoms with Gasteiger partial charge in [0.05, 0.1) is 35.9 Å². The lowest BCUT2D eigenvalue weighted by molar-refractivity contribution is -0.301. The van der Waals surface area contributed by atoms with Crippen molar-refractivity contribution in [3.63, 3.8) is 0 Å². The standard InChI is InChI=1S/C29H50O5Si/c1-11-35(12-2,13-3)34-20-15-29(32)19(6)24-27(9)16-33-22(27)14-21(30)28(24,10)25(31)18(5)23(17(20)4)26(29,7)8/h18-22,24,30,32H,11-16H2,1-10H3/t18-,19?,20+,21+,22-,24?,27-,28-,29-/m1/s1. The minimum Gasteiger partial charge on any atom is -0.410 e. The number of carbonyl (C=O) groups excluding carboxylic acids is 1. The molecule has 0 spiro atoms. The molecule has 35 heavy (non-hydrogen) atoms. The zero-order valence-electron chi connectivity index (χ0n) is 23.8. The van der Waals surface area contributed by atoms with Crippen LogP contribution in [-0.4, -0.2) is 54.8 Å². The van der Waals surface area contributed by atoms with Gasteiger partial charge in [-0.2, -0.15) is 0 Å². The SMILES string of the molecule is CC[Si](CC)(CC)O[C@H]1C[C@@]2(O)C(C)C3[C@]4(C)CO[C@@H]4C[C@H](O)[C@@]3(C)C(=O)[C@H](C)C(=C1C)C2(C)C. The minimum atomic E-state index is -1.94. The summed E-state index contributed by atoms with van der Waals surface area (Å²) in [6.07, 6.45) is 0.00219. The molecule has 6 heteroatoms. The molecular weight excluding hydrogens is 456 g/mol. The second-order valence-electron chi connectivity index (χ2n) is 13.4. The normalized spacial score (nSPS) is 47.4. The summed E-state index contributed by atoms with van der Waals surface area (Å²) in [5.41, 5.74) is -0.657. The van der Waals surface area contributed by atoms with E-state index in [1.54, 1.807) is 0 Å². The van der Waals surface area contributed by atoms with E-state index in [1.165, 1.54) is 0 Å².